The molecular weight excluding hydrogens is 402 g/mol. The summed E-state index contributed by atoms with van der Waals surface area (Å²) in [6.45, 7) is 2.52. The van der Waals surface area contributed by atoms with Gasteiger partial charge in [0.25, 0.3) is 5.91 Å². The highest BCUT2D eigenvalue weighted by Crippen LogP contribution is 2.31. The van der Waals surface area contributed by atoms with Gasteiger partial charge in [0.1, 0.15) is 6.33 Å². The molecule has 0 aliphatic rings. The maximum Gasteiger partial charge on any atom is 0.251 e. The molecule has 0 bridgehead atoms. The molecular formula is C26H23N3O3. The molecule has 6 nitrogen and oxygen atoms in total. The van der Waals surface area contributed by atoms with Crippen molar-refractivity contribution in [3.05, 3.63) is 102 Å². The van der Waals surface area contributed by atoms with Crippen LogP contribution in [0.3, 0.4) is 0 Å². The number of carbonyl (C=O) groups is 1. The molecule has 1 amide bonds. The summed E-state index contributed by atoms with van der Waals surface area (Å²) >= 11 is 0. The number of para-hydroxylation sites is 2. The topological polar surface area (TPSA) is 73.3 Å². The van der Waals surface area contributed by atoms with E-state index in [9.17, 15) is 4.79 Å². The fourth-order valence-electron chi connectivity index (χ4n) is 3.25. The van der Waals surface area contributed by atoms with Gasteiger partial charge in [-0.25, -0.2) is 9.97 Å². The molecule has 4 rings (SSSR count). The van der Waals surface area contributed by atoms with E-state index < -0.39 is 0 Å². The van der Waals surface area contributed by atoms with Crippen molar-refractivity contribution in [1.82, 2.24) is 15.3 Å². The molecule has 1 aromatic heterocycles. The summed E-state index contributed by atoms with van der Waals surface area (Å²) in [5, 5.41) is 2.97. The Kier molecular flexibility index (Phi) is 6.41. The Hall–Kier alpha value is -4.19. The predicted octanol–water partition coefficient (Wildman–Crippen LogP) is 5.18. The van der Waals surface area contributed by atoms with Gasteiger partial charge in [-0.3, -0.25) is 4.79 Å². The van der Waals surface area contributed by atoms with Gasteiger partial charge in [-0.05, 0) is 42.3 Å². The molecule has 1 N–H and O–H groups in total. The summed E-state index contributed by atoms with van der Waals surface area (Å²) in [4.78, 5) is 21.0. The number of benzene rings is 3. The van der Waals surface area contributed by atoms with Gasteiger partial charge >= 0.3 is 0 Å². The number of ether oxygens (including phenoxy) is 2. The summed E-state index contributed by atoms with van der Waals surface area (Å²) in [5.41, 5.74) is 4.38. The average Bonchev–Trinajstić information content (AvgIpc) is 2.84. The van der Waals surface area contributed by atoms with E-state index in [1.54, 1.807) is 25.3 Å². The van der Waals surface area contributed by atoms with Crippen LogP contribution in [0, 0.1) is 6.92 Å². The maximum absolute atomic E-state index is 12.5. The van der Waals surface area contributed by atoms with Crippen LogP contribution in [-0.2, 0) is 6.54 Å². The molecule has 0 saturated carbocycles. The number of nitrogens with one attached hydrogen (secondary N) is 1. The Morgan fingerprint density at radius 3 is 2.38 bits per heavy atom. The first-order valence-corrected chi connectivity index (χ1v) is 10.2. The minimum Gasteiger partial charge on any atom is -0.493 e. The van der Waals surface area contributed by atoms with E-state index >= 15 is 0 Å². The summed E-state index contributed by atoms with van der Waals surface area (Å²) in [6.07, 6.45) is 1.45. The minimum absolute atomic E-state index is 0.123. The second-order valence-corrected chi connectivity index (χ2v) is 7.18. The normalized spacial score (nSPS) is 10.4. The SMILES string of the molecule is COc1ccccc1Oc1cc(-c2ccc(C(=O)NCc3ccccc3C)cc2)ncn1. The molecule has 3 aromatic carbocycles. The van der Waals surface area contributed by atoms with Crippen molar-refractivity contribution < 1.29 is 14.3 Å². The highest BCUT2D eigenvalue weighted by molar-refractivity contribution is 5.94. The van der Waals surface area contributed by atoms with Crippen LogP contribution < -0.4 is 14.8 Å². The Balaban J connectivity index is 1.45. The predicted molar refractivity (Wildman–Crippen MR) is 123 cm³/mol. The third-order valence-corrected chi connectivity index (χ3v) is 5.07. The smallest absolute Gasteiger partial charge is 0.251 e. The van der Waals surface area contributed by atoms with Gasteiger partial charge in [0.15, 0.2) is 11.5 Å². The standard InChI is InChI=1S/C26H23N3O3/c1-18-7-3-4-8-21(18)16-27-26(30)20-13-11-19(12-14-20)22-15-25(29-17-28-22)32-24-10-6-5-9-23(24)31-2/h3-15,17H,16H2,1-2H3,(H,27,30). The summed E-state index contributed by atoms with van der Waals surface area (Å²) < 4.78 is 11.2. The molecule has 6 heteroatoms. The van der Waals surface area contributed by atoms with E-state index in [4.69, 9.17) is 9.47 Å². The lowest BCUT2D eigenvalue weighted by molar-refractivity contribution is 0.0951. The van der Waals surface area contributed by atoms with Crippen molar-refractivity contribution in [3.8, 4) is 28.6 Å². The van der Waals surface area contributed by atoms with Crippen LogP contribution in [0.25, 0.3) is 11.3 Å². The second kappa shape index (κ2) is 9.75. The summed E-state index contributed by atoms with van der Waals surface area (Å²) in [6, 6.07) is 24.4. The van der Waals surface area contributed by atoms with Gasteiger partial charge in [-0.1, -0.05) is 48.5 Å². The molecule has 1 heterocycles. The van der Waals surface area contributed by atoms with Crippen LogP contribution >= 0.6 is 0 Å². The quantitative estimate of drug-likeness (QED) is 0.441. The molecule has 32 heavy (non-hydrogen) atoms. The molecule has 0 aliphatic carbocycles. The Morgan fingerprint density at radius 2 is 1.62 bits per heavy atom. The van der Waals surface area contributed by atoms with Gasteiger partial charge in [0, 0.05) is 23.7 Å². The fourth-order valence-corrected chi connectivity index (χ4v) is 3.25. The molecule has 0 saturated heterocycles. The number of nitrogens with zero attached hydrogens (tertiary/aromatic N) is 2. The van der Waals surface area contributed by atoms with E-state index in [1.165, 1.54) is 6.33 Å². The number of hydrogen-bond donors (Lipinski definition) is 1. The van der Waals surface area contributed by atoms with Crippen LogP contribution in [0.4, 0.5) is 0 Å². The van der Waals surface area contributed by atoms with Crippen LogP contribution in [0.1, 0.15) is 21.5 Å². The zero-order chi connectivity index (χ0) is 22.3. The van der Waals surface area contributed by atoms with Crippen LogP contribution in [0.15, 0.2) is 85.2 Å². The second-order valence-electron chi connectivity index (χ2n) is 7.18. The summed E-state index contributed by atoms with van der Waals surface area (Å²) in [5.74, 6) is 1.47. The van der Waals surface area contributed by atoms with Gasteiger partial charge in [0.2, 0.25) is 5.88 Å². The van der Waals surface area contributed by atoms with Crippen molar-refractivity contribution in [1.29, 1.82) is 0 Å². The Morgan fingerprint density at radius 1 is 0.906 bits per heavy atom. The molecule has 0 unspecified atom stereocenters. The highest BCUT2D eigenvalue weighted by atomic mass is 16.5. The van der Waals surface area contributed by atoms with Gasteiger partial charge in [-0.15, -0.1) is 0 Å². The molecule has 160 valence electrons. The first-order valence-electron chi connectivity index (χ1n) is 10.2. The van der Waals surface area contributed by atoms with E-state index in [2.05, 4.69) is 15.3 Å². The lowest BCUT2D eigenvalue weighted by atomic mass is 10.1. The monoisotopic (exact) mass is 425 g/mol. The molecule has 4 aromatic rings. The molecule has 0 spiro atoms. The summed E-state index contributed by atoms with van der Waals surface area (Å²) in [7, 11) is 1.59. The van der Waals surface area contributed by atoms with E-state index in [1.807, 2.05) is 67.6 Å². The highest BCUT2D eigenvalue weighted by Gasteiger charge is 2.10. The van der Waals surface area contributed by atoms with Crippen LogP contribution in [0.5, 0.6) is 17.4 Å². The first-order chi connectivity index (χ1) is 15.6. The first kappa shape index (κ1) is 21.1. The fraction of sp³-hybridized carbons (Fsp3) is 0.115. The van der Waals surface area contributed by atoms with E-state index in [0.29, 0.717) is 35.2 Å². The van der Waals surface area contributed by atoms with Crippen molar-refractivity contribution in [2.45, 2.75) is 13.5 Å². The molecule has 0 radical (unpaired) electrons. The van der Waals surface area contributed by atoms with Crippen LogP contribution in [0.2, 0.25) is 0 Å². The molecule has 0 atom stereocenters. The van der Waals surface area contributed by atoms with Crippen molar-refractivity contribution in [2.24, 2.45) is 0 Å². The van der Waals surface area contributed by atoms with Gasteiger partial charge in [0.05, 0.1) is 12.8 Å². The molecule has 0 fully saturated rings. The minimum atomic E-state index is -0.123. The number of aryl methyl sites for hydroxylation is 1. The number of methoxy groups -OCH3 is 1. The zero-order valence-electron chi connectivity index (χ0n) is 17.9. The van der Waals surface area contributed by atoms with Crippen LogP contribution in [-0.4, -0.2) is 23.0 Å². The average molecular weight is 425 g/mol. The Bertz CT molecular complexity index is 1220. The van der Waals surface area contributed by atoms with Gasteiger partial charge in [-0.2, -0.15) is 0 Å². The lowest BCUT2D eigenvalue weighted by Gasteiger charge is -2.10. The molecule has 0 aliphatic heterocycles. The maximum atomic E-state index is 12.5. The number of hydrogen-bond acceptors (Lipinski definition) is 5. The number of aromatic nitrogens is 2. The number of amides is 1. The van der Waals surface area contributed by atoms with Crippen molar-refractivity contribution in [3.63, 3.8) is 0 Å². The van der Waals surface area contributed by atoms with E-state index in [-0.39, 0.29) is 5.91 Å². The number of rotatable bonds is 7. The third-order valence-electron chi connectivity index (χ3n) is 5.07. The van der Waals surface area contributed by atoms with Gasteiger partial charge < -0.3 is 14.8 Å². The van der Waals surface area contributed by atoms with E-state index in [0.717, 1.165) is 16.7 Å². The third kappa shape index (κ3) is 4.92. The number of carbonyl (C=O) groups excluding carboxylic acids is 1. The Labute approximate surface area is 186 Å². The van der Waals surface area contributed by atoms with Crippen molar-refractivity contribution >= 4 is 5.91 Å². The lowest BCUT2D eigenvalue weighted by Crippen LogP contribution is -2.23. The zero-order valence-corrected chi connectivity index (χ0v) is 17.9. The van der Waals surface area contributed by atoms with Crippen molar-refractivity contribution in [2.75, 3.05) is 7.11 Å². The largest absolute Gasteiger partial charge is 0.493 e.